The zero-order chi connectivity index (χ0) is 29.2. The maximum Gasteiger partial charge on any atom is 0.344 e. The molecule has 1 fully saturated rings. The topological polar surface area (TPSA) is 82.9 Å². The maximum absolute atomic E-state index is 14.1. The molecule has 0 spiro atoms. The third kappa shape index (κ3) is 5.49. The first-order chi connectivity index (χ1) is 20.4. The van der Waals surface area contributed by atoms with Crippen molar-refractivity contribution < 1.29 is 18.4 Å². The molecule has 2 heterocycles. The number of piperazine rings is 1. The molecule has 0 atom stereocenters. The van der Waals surface area contributed by atoms with Crippen LogP contribution in [0.3, 0.4) is 0 Å². The van der Waals surface area contributed by atoms with Gasteiger partial charge in [0.25, 0.3) is 11.8 Å². The second kappa shape index (κ2) is 11.5. The molecule has 0 unspecified atom stereocenters. The zero-order valence-electron chi connectivity index (χ0n) is 22.3. The van der Waals surface area contributed by atoms with E-state index < -0.39 is 11.4 Å². The van der Waals surface area contributed by atoms with Gasteiger partial charge in [0.2, 0.25) is 0 Å². The summed E-state index contributed by atoms with van der Waals surface area (Å²) in [7, 11) is 0. The zero-order valence-corrected chi connectivity index (χ0v) is 23.1. The summed E-state index contributed by atoms with van der Waals surface area (Å²) < 4.78 is 19.6. The van der Waals surface area contributed by atoms with Crippen LogP contribution in [0.4, 0.5) is 15.8 Å². The Morgan fingerprint density at radius 2 is 1.55 bits per heavy atom. The predicted octanol–water partition coefficient (Wildman–Crippen LogP) is 6.47. The summed E-state index contributed by atoms with van der Waals surface area (Å²) in [5.41, 5.74) is 2.84. The molecule has 9 heteroatoms. The smallest absolute Gasteiger partial charge is 0.344 e. The van der Waals surface area contributed by atoms with Crippen LogP contribution in [0, 0.1) is 5.82 Å². The van der Waals surface area contributed by atoms with Gasteiger partial charge >= 0.3 is 5.63 Å². The van der Waals surface area contributed by atoms with E-state index in [0.717, 1.165) is 11.1 Å². The molecule has 1 N–H and O–H groups in total. The molecule has 4 aromatic carbocycles. The van der Waals surface area contributed by atoms with E-state index >= 15 is 0 Å². The Bertz CT molecular complexity index is 1860. The minimum Gasteiger partial charge on any atom is -0.422 e. The molecule has 0 saturated carbocycles. The summed E-state index contributed by atoms with van der Waals surface area (Å²) in [5, 5.41) is 4.22. The number of hydrogen-bond donors (Lipinski definition) is 1. The molecule has 0 bridgehead atoms. The van der Waals surface area contributed by atoms with Crippen LogP contribution in [0.2, 0.25) is 5.02 Å². The van der Waals surface area contributed by atoms with Gasteiger partial charge in [0.05, 0.1) is 22.5 Å². The van der Waals surface area contributed by atoms with Crippen LogP contribution < -0.4 is 15.8 Å². The van der Waals surface area contributed by atoms with E-state index in [9.17, 15) is 18.8 Å². The molecule has 42 heavy (non-hydrogen) atoms. The molecule has 1 aliphatic heterocycles. The van der Waals surface area contributed by atoms with Crippen molar-refractivity contribution in [2.24, 2.45) is 0 Å². The number of benzene rings is 4. The molecule has 210 valence electrons. The highest BCUT2D eigenvalue weighted by Gasteiger charge is 2.25. The monoisotopic (exact) mass is 581 g/mol. The van der Waals surface area contributed by atoms with E-state index in [1.807, 2.05) is 18.2 Å². The third-order valence-corrected chi connectivity index (χ3v) is 7.55. The van der Waals surface area contributed by atoms with Crippen molar-refractivity contribution in [3.05, 3.63) is 129 Å². The molecular formula is C33H25ClFN3O4. The van der Waals surface area contributed by atoms with Gasteiger partial charge in [-0.1, -0.05) is 54.1 Å². The van der Waals surface area contributed by atoms with Crippen LogP contribution in [0.5, 0.6) is 0 Å². The van der Waals surface area contributed by atoms with Crippen molar-refractivity contribution in [3.63, 3.8) is 0 Å². The second-order valence-electron chi connectivity index (χ2n) is 9.94. The van der Waals surface area contributed by atoms with Crippen LogP contribution >= 0.6 is 11.6 Å². The number of para-hydroxylation sites is 1. The lowest BCUT2D eigenvalue weighted by Gasteiger charge is -2.37. The van der Waals surface area contributed by atoms with Gasteiger partial charge in [-0.2, -0.15) is 0 Å². The minimum absolute atomic E-state index is 0.0536. The molecule has 1 saturated heterocycles. The largest absolute Gasteiger partial charge is 0.422 e. The van der Waals surface area contributed by atoms with Crippen molar-refractivity contribution >= 4 is 45.8 Å². The van der Waals surface area contributed by atoms with Gasteiger partial charge in [0.15, 0.2) is 0 Å². The summed E-state index contributed by atoms with van der Waals surface area (Å²) >= 11 is 6.28. The number of nitrogens with zero attached hydrogens (tertiary/aromatic N) is 2. The third-order valence-electron chi connectivity index (χ3n) is 7.32. The van der Waals surface area contributed by atoms with E-state index in [-0.39, 0.29) is 17.4 Å². The van der Waals surface area contributed by atoms with Gasteiger partial charge in [0.1, 0.15) is 11.4 Å². The molecule has 1 aromatic heterocycles. The fourth-order valence-electron chi connectivity index (χ4n) is 5.10. The van der Waals surface area contributed by atoms with E-state index in [4.69, 9.17) is 16.0 Å². The predicted molar refractivity (Wildman–Crippen MR) is 162 cm³/mol. The average molecular weight is 582 g/mol. The first-order valence-corrected chi connectivity index (χ1v) is 13.8. The Morgan fingerprint density at radius 3 is 2.31 bits per heavy atom. The van der Waals surface area contributed by atoms with Crippen LogP contribution in [-0.4, -0.2) is 42.9 Å². The highest BCUT2D eigenvalue weighted by Crippen LogP contribution is 2.31. The van der Waals surface area contributed by atoms with E-state index in [2.05, 4.69) is 10.2 Å². The van der Waals surface area contributed by atoms with E-state index in [1.165, 1.54) is 12.1 Å². The lowest BCUT2D eigenvalue weighted by molar-refractivity contribution is 0.0742. The molecular weight excluding hydrogens is 557 g/mol. The Labute approximate surface area is 245 Å². The lowest BCUT2D eigenvalue weighted by atomic mass is 10.0. The second-order valence-corrected chi connectivity index (χ2v) is 10.4. The Balaban J connectivity index is 1.17. The summed E-state index contributed by atoms with van der Waals surface area (Å²) in [6, 6.07) is 27.0. The van der Waals surface area contributed by atoms with Gasteiger partial charge in [-0.15, -0.1) is 0 Å². The van der Waals surface area contributed by atoms with E-state index in [1.54, 1.807) is 71.6 Å². The standard InChI is InChI=1S/C33H25ClFN3O4/c34-24-13-14-29(37-15-17-38(18-16-37)32(40)25-6-2-3-7-27(25)35)28(20-24)36-31(39)22-11-9-21(10-12-22)26-19-23-5-1-4-8-30(23)42-33(26)41/h1-14,19-20H,15-18H2,(H,36,39). The summed E-state index contributed by atoms with van der Waals surface area (Å²) in [4.78, 5) is 42.3. The summed E-state index contributed by atoms with van der Waals surface area (Å²) in [6.07, 6.45) is 0. The fraction of sp³-hybridized carbons (Fsp3) is 0.121. The number of amides is 2. The number of halogens is 2. The van der Waals surface area contributed by atoms with E-state index in [0.29, 0.717) is 59.2 Å². The normalized spacial score (nSPS) is 13.3. The number of hydrogen-bond acceptors (Lipinski definition) is 5. The molecule has 0 radical (unpaired) electrons. The quantitative estimate of drug-likeness (QED) is 0.241. The van der Waals surface area contributed by atoms with Crippen LogP contribution in [0.15, 0.2) is 106 Å². The van der Waals surface area contributed by atoms with Gasteiger partial charge in [-0.3, -0.25) is 9.59 Å². The Morgan fingerprint density at radius 1 is 0.833 bits per heavy atom. The van der Waals surface area contributed by atoms with Crippen molar-refractivity contribution in [1.82, 2.24) is 4.90 Å². The maximum atomic E-state index is 14.1. The van der Waals surface area contributed by atoms with Crippen molar-refractivity contribution in [2.45, 2.75) is 0 Å². The lowest BCUT2D eigenvalue weighted by Crippen LogP contribution is -2.49. The van der Waals surface area contributed by atoms with Gasteiger partial charge < -0.3 is 19.5 Å². The number of carbonyl (C=O) groups excluding carboxylic acids is 2. The Kier molecular flexibility index (Phi) is 7.46. The number of nitrogens with one attached hydrogen (secondary N) is 1. The minimum atomic E-state index is -0.540. The van der Waals surface area contributed by atoms with Crippen LogP contribution in [0.25, 0.3) is 22.1 Å². The molecule has 7 nitrogen and oxygen atoms in total. The molecule has 6 rings (SSSR count). The Hall–Kier alpha value is -4.95. The summed E-state index contributed by atoms with van der Waals surface area (Å²) in [5.74, 6) is -1.23. The van der Waals surface area contributed by atoms with Gasteiger partial charge in [-0.25, -0.2) is 9.18 Å². The summed E-state index contributed by atoms with van der Waals surface area (Å²) in [6.45, 7) is 1.78. The number of fused-ring (bicyclic) bond motifs is 1. The molecule has 2 amide bonds. The van der Waals surface area contributed by atoms with Gasteiger partial charge in [0, 0.05) is 42.2 Å². The highest BCUT2D eigenvalue weighted by atomic mass is 35.5. The SMILES string of the molecule is O=C(Nc1cc(Cl)ccc1N1CCN(C(=O)c2ccccc2F)CC1)c1ccc(-c2cc3ccccc3oc2=O)cc1. The number of anilines is 2. The first-order valence-electron chi connectivity index (χ1n) is 13.4. The van der Waals surface area contributed by atoms with Crippen molar-refractivity contribution in [3.8, 4) is 11.1 Å². The van der Waals surface area contributed by atoms with Gasteiger partial charge in [-0.05, 0) is 60.2 Å². The van der Waals surface area contributed by atoms with Crippen LogP contribution in [-0.2, 0) is 0 Å². The average Bonchev–Trinajstić information content (AvgIpc) is 3.01. The highest BCUT2D eigenvalue weighted by molar-refractivity contribution is 6.31. The number of carbonyl (C=O) groups is 2. The first kappa shape index (κ1) is 27.2. The molecule has 5 aromatic rings. The molecule has 0 aliphatic carbocycles. The van der Waals surface area contributed by atoms with Crippen molar-refractivity contribution in [2.75, 3.05) is 36.4 Å². The van der Waals surface area contributed by atoms with Crippen LogP contribution in [0.1, 0.15) is 20.7 Å². The molecule has 1 aliphatic rings. The number of rotatable bonds is 5. The van der Waals surface area contributed by atoms with Crippen molar-refractivity contribution in [1.29, 1.82) is 0 Å². The fourth-order valence-corrected chi connectivity index (χ4v) is 5.27.